The molecule has 19 heavy (non-hydrogen) atoms. The molecule has 0 aromatic heterocycles. The maximum atomic E-state index is 2.77. The Kier molecular flexibility index (Phi) is 4.07. The standard InChI is InChI=1S/C17H26N2/c1-2-3-5-8-16-11-12-17-18(13-14-19(16)17)15-9-6-4-7-10-15/h4,6-7,9-10,16-17H,2-3,5,8,11-14H2,1H3. The van der Waals surface area contributed by atoms with Crippen LogP contribution in [0.4, 0.5) is 5.69 Å². The van der Waals surface area contributed by atoms with Crippen molar-refractivity contribution in [3.8, 4) is 0 Å². The van der Waals surface area contributed by atoms with Gasteiger partial charge in [0.1, 0.15) is 0 Å². The molecule has 1 aromatic rings. The van der Waals surface area contributed by atoms with Gasteiger partial charge >= 0.3 is 0 Å². The normalized spacial score (nSPS) is 26.9. The monoisotopic (exact) mass is 258 g/mol. The van der Waals surface area contributed by atoms with Crippen LogP contribution in [-0.4, -0.2) is 30.2 Å². The van der Waals surface area contributed by atoms with Crippen LogP contribution < -0.4 is 4.90 Å². The van der Waals surface area contributed by atoms with Crippen molar-refractivity contribution in [3.63, 3.8) is 0 Å². The van der Waals surface area contributed by atoms with E-state index in [0.29, 0.717) is 6.17 Å². The Morgan fingerprint density at radius 2 is 1.89 bits per heavy atom. The van der Waals surface area contributed by atoms with Crippen LogP contribution in [0.15, 0.2) is 30.3 Å². The Balaban J connectivity index is 1.62. The predicted octanol–water partition coefficient (Wildman–Crippen LogP) is 3.88. The summed E-state index contributed by atoms with van der Waals surface area (Å²) in [7, 11) is 0. The van der Waals surface area contributed by atoms with Gasteiger partial charge in [-0.1, -0.05) is 44.4 Å². The average molecular weight is 258 g/mol. The lowest BCUT2D eigenvalue weighted by Crippen LogP contribution is -2.37. The highest BCUT2D eigenvalue weighted by molar-refractivity contribution is 5.48. The van der Waals surface area contributed by atoms with Crippen LogP contribution in [0, 0.1) is 0 Å². The highest BCUT2D eigenvalue weighted by Crippen LogP contribution is 2.35. The van der Waals surface area contributed by atoms with Crippen molar-refractivity contribution in [1.29, 1.82) is 0 Å². The maximum Gasteiger partial charge on any atom is 0.0824 e. The molecule has 0 spiro atoms. The zero-order valence-corrected chi connectivity index (χ0v) is 12.1. The Morgan fingerprint density at radius 3 is 2.68 bits per heavy atom. The molecule has 2 unspecified atom stereocenters. The minimum atomic E-state index is 0.675. The van der Waals surface area contributed by atoms with Crippen molar-refractivity contribution in [2.75, 3.05) is 18.0 Å². The molecule has 2 aliphatic rings. The molecule has 0 bridgehead atoms. The Hall–Kier alpha value is -1.02. The number of unbranched alkanes of at least 4 members (excludes halogenated alkanes) is 2. The van der Waals surface area contributed by atoms with Crippen LogP contribution in [-0.2, 0) is 0 Å². The van der Waals surface area contributed by atoms with Crippen molar-refractivity contribution in [3.05, 3.63) is 30.3 Å². The summed E-state index contributed by atoms with van der Waals surface area (Å²) in [5.41, 5.74) is 1.41. The van der Waals surface area contributed by atoms with Crippen LogP contribution in [0.1, 0.15) is 45.4 Å². The van der Waals surface area contributed by atoms with Crippen molar-refractivity contribution in [2.24, 2.45) is 0 Å². The third-order valence-electron chi connectivity index (χ3n) is 4.80. The summed E-state index contributed by atoms with van der Waals surface area (Å²) >= 11 is 0. The lowest BCUT2D eigenvalue weighted by atomic mass is 10.1. The van der Waals surface area contributed by atoms with Gasteiger partial charge in [-0.2, -0.15) is 0 Å². The van der Waals surface area contributed by atoms with Crippen LogP contribution in [0.5, 0.6) is 0 Å². The van der Waals surface area contributed by atoms with Crippen LogP contribution in [0.2, 0.25) is 0 Å². The van der Waals surface area contributed by atoms with Gasteiger partial charge in [-0.25, -0.2) is 0 Å². The summed E-state index contributed by atoms with van der Waals surface area (Å²) < 4.78 is 0. The first kappa shape index (κ1) is 13.0. The van der Waals surface area contributed by atoms with Gasteiger partial charge in [-0.15, -0.1) is 0 Å². The highest BCUT2D eigenvalue weighted by Gasteiger charge is 2.40. The summed E-state index contributed by atoms with van der Waals surface area (Å²) in [6.07, 6.45) is 8.99. The molecule has 2 atom stereocenters. The smallest absolute Gasteiger partial charge is 0.0824 e. The molecule has 0 N–H and O–H groups in total. The number of rotatable bonds is 5. The SMILES string of the molecule is CCCCCC1CCC2N(c3ccccc3)CCN12. The number of hydrogen-bond donors (Lipinski definition) is 0. The number of para-hydroxylation sites is 1. The topological polar surface area (TPSA) is 6.48 Å². The summed E-state index contributed by atoms with van der Waals surface area (Å²) in [5, 5.41) is 0. The molecule has 0 aliphatic carbocycles. The number of nitrogens with zero attached hydrogens (tertiary/aromatic N) is 2. The molecule has 2 saturated heterocycles. The molecule has 2 fully saturated rings. The summed E-state index contributed by atoms with van der Waals surface area (Å²) in [6.45, 7) is 4.76. The largest absolute Gasteiger partial charge is 0.354 e. The molecule has 2 heterocycles. The van der Waals surface area contributed by atoms with Gasteiger partial charge in [-0.05, 0) is 31.4 Å². The fraction of sp³-hybridized carbons (Fsp3) is 0.647. The van der Waals surface area contributed by atoms with E-state index in [1.54, 1.807) is 0 Å². The van der Waals surface area contributed by atoms with E-state index in [9.17, 15) is 0 Å². The lowest BCUT2D eigenvalue weighted by Gasteiger charge is -2.28. The van der Waals surface area contributed by atoms with Crippen molar-refractivity contribution >= 4 is 5.69 Å². The molecule has 2 heteroatoms. The molecule has 2 nitrogen and oxygen atoms in total. The van der Waals surface area contributed by atoms with Crippen molar-refractivity contribution < 1.29 is 0 Å². The summed E-state index contributed by atoms with van der Waals surface area (Å²) in [4.78, 5) is 5.38. The number of fused-ring (bicyclic) bond motifs is 1. The van der Waals surface area contributed by atoms with E-state index in [2.05, 4.69) is 47.1 Å². The second-order valence-corrected chi connectivity index (χ2v) is 5.97. The zero-order chi connectivity index (χ0) is 13.1. The van der Waals surface area contributed by atoms with E-state index in [-0.39, 0.29) is 0 Å². The molecule has 0 radical (unpaired) electrons. The molecular weight excluding hydrogens is 232 g/mol. The molecule has 1 aromatic carbocycles. The molecule has 3 rings (SSSR count). The summed E-state index contributed by atoms with van der Waals surface area (Å²) in [5.74, 6) is 0. The fourth-order valence-corrected chi connectivity index (χ4v) is 3.82. The molecular formula is C17H26N2. The molecule has 0 saturated carbocycles. The molecule has 104 valence electrons. The summed E-state index contributed by atoms with van der Waals surface area (Å²) in [6, 6.07) is 11.8. The Labute approximate surface area is 117 Å². The lowest BCUT2D eigenvalue weighted by molar-refractivity contribution is 0.233. The minimum Gasteiger partial charge on any atom is -0.354 e. The van der Waals surface area contributed by atoms with Crippen molar-refractivity contribution in [1.82, 2.24) is 4.90 Å². The van der Waals surface area contributed by atoms with Gasteiger partial charge in [0.15, 0.2) is 0 Å². The first-order chi connectivity index (χ1) is 9.40. The first-order valence-electron chi connectivity index (χ1n) is 7.97. The maximum absolute atomic E-state index is 2.77. The van der Waals surface area contributed by atoms with Gasteiger partial charge in [0.25, 0.3) is 0 Å². The van der Waals surface area contributed by atoms with Crippen LogP contribution in [0.25, 0.3) is 0 Å². The first-order valence-corrected chi connectivity index (χ1v) is 7.97. The second kappa shape index (κ2) is 5.96. The van der Waals surface area contributed by atoms with E-state index in [4.69, 9.17) is 0 Å². The van der Waals surface area contributed by atoms with Gasteiger partial charge in [0.05, 0.1) is 6.17 Å². The van der Waals surface area contributed by atoms with Gasteiger partial charge in [0.2, 0.25) is 0 Å². The van der Waals surface area contributed by atoms with E-state index < -0.39 is 0 Å². The van der Waals surface area contributed by atoms with Crippen LogP contribution in [0.3, 0.4) is 0 Å². The van der Waals surface area contributed by atoms with Crippen LogP contribution >= 0.6 is 0 Å². The molecule has 0 amide bonds. The van der Waals surface area contributed by atoms with E-state index in [1.165, 1.54) is 57.3 Å². The minimum absolute atomic E-state index is 0.675. The zero-order valence-electron chi connectivity index (χ0n) is 12.1. The highest BCUT2D eigenvalue weighted by atomic mass is 15.4. The Bertz CT molecular complexity index is 390. The third-order valence-corrected chi connectivity index (χ3v) is 4.80. The fourth-order valence-electron chi connectivity index (χ4n) is 3.82. The Morgan fingerprint density at radius 1 is 1.05 bits per heavy atom. The third kappa shape index (κ3) is 2.64. The quantitative estimate of drug-likeness (QED) is 0.740. The average Bonchev–Trinajstić information content (AvgIpc) is 3.03. The van der Waals surface area contributed by atoms with Gasteiger partial charge < -0.3 is 4.90 Å². The molecule has 2 aliphatic heterocycles. The second-order valence-electron chi connectivity index (χ2n) is 5.97. The number of benzene rings is 1. The van der Waals surface area contributed by atoms with Crippen molar-refractivity contribution in [2.45, 2.75) is 57.7 Å². The predicted molar refractivity (Wildman–Crippen MR) is 81.4 cm³/mol. The number of anilines is 1. The number of hydrogen-bond acceptors (Lipinski definition) is 2. The van der Waals surface area contributed by atoms with E-state index in [0.717, 1.165) is 6.04 Å². The van der Waals surface area contributed by atoms with Gasteiger partial charge in [0, 0.05) is 24.8 Å². The van der Waals surface area contributed by atoms with E-state index in [1.807, 2.05) is 0 Å². The van der Waals surface area contributed by atoms with Gasteiger partial charge in [-0.3, -0.25) is 4.90 Å². The van der Waals surface area contributed by atoms with E-state index >= 15 is 0 Å².